The summed E-state index contributed by atoms with van der Waals surface area (Å²) >= 11 is 5.97. The molecule has 0 aliphatic carbocycles. The number of benzene rings is 1. The standard InChI is InChI=1S/C21H12ClN5O4/c22-14-8-6-12-7-9-15(26-18(12)25-14)27-19(28)16-17(24-11-10-23-16)20(27)31-21(29)30-13-4-2-1-3-5-13/h1-11,20H. The fraction of sp³-hybridized carbons (Fsp3) is 0.0476. The Morgan fingerprint density at radius 2 is 1.74 bits per heavy atom. The van der Waals surface area contributed by atoms with Crippen LogP contribution in [0.15, 0.2) is 67.0 Å². The molecule has 0 radical (unpaired) electrons. The van der Waals surface area contributed by atoms with E-state index in [-0.39, 0.29) is 22.4 Å². The van der Waals surface area contributed by atoms with Gasteiger partial charge < -0.3 is 9.47 Å². The summed E-state index contributed by atoms with van der Waals surface area (Å²) in [5.74, 6) is -0.0236. The smallest absolute Gasteiger partial charge is 0.403 e. The van der Waals surface area contributed by atoms with Gasteiger partial charge in [-0.15, -0.1) is 0 Å². The number of halogens is 1. The van der Waals surface area contributed by atoms with E-state index in [2.05, 4.69) is 19.9 Å². The first-order valence-electron chi connectivity index (χ1n) is 9.11. The van der Waals surface area contributed by atoms with Gasteiger partial charge in [-0.3, -0.25) is 9.78 Å². The molecule has 10 heteroatoms. The third-order valence-corrected chi connectivity index (χ3v) is 4.73. The topological polar surface area (TPSA) is 107 Å². The monoisotopic (exact) mass is 433 g/mol. The molecule has 0 N–H and O–H groups in total. The van der Waals surface area contributed by atoms with Crippen LogP contribution < -0.4 is 9.64 Å². The number of ether oxygens (including phenoxy) is 2. The van der Waals surface area contributed by atoms with Crippen molar-refractivity contribution in [1.82, 2.24) is 19.9 Å². The molecule has 1 unspecified atom stereocenters. The van der Waals surface area contributed by atoms with Gasteiger partial charge in [-0.1, -0.05) is 29.8 Å². The highest BCUT2D eigenvalue weighted by Gasteiger charge is 2.44. The summed E-state index contributed by atoms with van der Waals surface area (Å²) in [6, 6.07) is 15.2. The van der Waals surface area contributed by atoms with Gasteiger partial charge in [0.25, 0.3) is 5.91 Å². The number of amides is 1. The summed E-state index contributed by atoms with van der Waals surface area (Å²) in [6.07, 6.45) is 0.573. The molecular weight excluding hydrogens is 422 g/mol. The number of para-hydroxylation sites is 1. The van der Waals surface area contributed by atoms with Crippen molar-refractivity contribution < 1.29 is 19.1 Å². The molecule has 4 aromatic rings. The maximum Gasteiger partial charge on any atom is 0.516 e. The summed E-state index contributed by atoms with van der Waals surface area (Å²) in [6.45, 7) is 0. The minimum Gasteiger partial charge on any atom is -0.403 e. The van der Waals surface area contributed by atoms with E-state index in [1.54, 1.807) is 54.6 Å². The normalized spacial score (nSPS) is 15.1. The SMILES string of the molecule is O=C(Oc1ccccc1)OC1c2nccnc2C(=O)N1c1ccc2ccc(Cl)nc2n1. The Bertz CT molecular complexity index is 1320. The van der Waals surface area contributed by atoms with Crippen molar-refractivity contribution in [2.45, 2.75) is 6.23 Å². The first-order valence-corrected chi connectivity index (χ1v) is 9.49. The van der Waals surface area contributed by atoms with Gasteiger partial charge in [-0.2, -0.15) is 0 Å². The predicted molar refractivity (Wildman–Crippen MR) is 110 cm³/mol. The van der Waals surface area contributed by atoms with E-state index in [0.717, 1.165) is 5.39 Å². The Hall–Kier alpha value is -4.11. The first kappa shape index (κ1) is 18.9. The van der Waals surface area contributed by atoms with Gasteiger partial charge in [-0.05, 0) is 36.4 Å². The number of carbonyl (C=O) groups is 2. The second-order valence-corrected chi connectivity index (χ2v) is 6.84. The molecule has 0 saturated heterocycles. The lowest BCUT2D eigenvalue weighted by molar-refractivity contribution is 0.0555. The molecule has 0 bridgehead atoms. The fourth-order valence-corrected chi connectivity index (χ4v) is 3.31. The molecule has 1 aliphatic heterocycles. The zero-order valence-corrected chi connectivity index (χ0v) is 16.4. The summed E-state index contributed by atoms with van der Waals surface area (Å²) in [5.41, 5.74) is 0.569. The van der Waals surface area contributed by atoms with Gasteiger partial charge in [0.1, 0.15) is 22.4 Å². The molecule has 4 heterocycles. The van der Waals surface area contributed by atoms with Crippen LogP contribution in [0.3, 0.4) is 0 Å². The number of aromatic nitrogens is 4. The Morgan fingerprint density at radius 1 is 0.968 bits per heavy atom. The minimum atomic E-state index is -1.21. The molecule has 0 spiro atoms. The van der Waals surface area contributed by atoms with E-state index < -0.39 is 18.3 Å². The number of carbonyl (C=O) groups excluding carboxylic acids is 2. The fourth-order valence-electron chi connectivity index (χ4n) is 3.17. The second-order valence-electron chi connectivity index (χ2n) is 6.45. The molecular formula is C21H12ClN5O4. The highest BCUT2D eigenvalue weighted by molar-refractivity contribution is 6.29. The highest BCUT2D eigenvalue weighted by Crippen LogP contribution is 2.36. The largest absolute Gasteiger partial charge is 0.516 e. The molecule has 3 aromatic heterocycles. The third kappa shape index (κ3) is 3.51. The van der Waals surface area contributed by atoms with Gasteiger partial charge in [0.05, 0.1) is 0 Å². The second kappa shape index (κ2) is 7.62. The van der Waals surface area contributed by atoms with Gasteiger partial charge in [0, 0.05) is 17.8 Å². The summed E-state index contributed by atoms with van der Waals surface area (Å²) in [5, 5.41) is 0.991. The van der Waals surface area contributed by atoms with Crippen LogP contribution >= 0.6 is 11.6 Å². The minimum absolute atomic E-state index is 0.0564. The van der Waals surface area contributed by atoms with Crippen LogP contribution in [0.4, 0.5) is 10.6 Å². The van der Waals surface area contributed by atoms with E-state index in [1.807, 2.05) is 0 Å². The van der Waals surface area contributed by atoms with Crippen LogP contribution in [0.5, 0.6) is 5.75 Å². The van der Waals surface area contributed by atoms with Crippen LogP contribution in [-0.2, 0) is 4.74 Å². The maximum absolute atomic E-state index is 13.1. The van der Waals surface area contributed by atoms with Crippen LogP contribution in [0.25, 0.3) is 11.0 Å². The lowest BCUT2D eigenvalue weighted by Crippen LogP contribution is -2.32. The average molecular weight is 434 g/mol. The van der Waals surface area contributed by atoms with Crippen molar-refractivity contribution in [3.05, 3.63) is 83.5 Å². The molecule has 1 amide bonds. The molecule has 0 fully saturated rings. The molecule has 152 valence electrons. The lowest BCUT2D eigenvalue weighted by Gasteiger charge is -2.23. The first-order chi connectivity index (χ1) is 15.1. The van der Waals surface area contributed by atoms with Crippen molar-refractivity contribution in [3.63, 3.8) is 0 Å². The number of nitrogens with zero attached hydrogens (tertiary/aromatic N) is 5. The zero-order chi connectivity index (χ0) is 21.4. The third-order valence-electron chi connectivity index (χ3n) is 4.52. The average Bonchev–Trinajstić information content (AvgIpc) is 3.05. The van der Waals surface area contributed by atoms with Crippen molar-refractivity contribution in [1.29, 1.82) is 0 Å². The lowest BCUT2D eigenvalue weighted by atomic mass is 10.3. The Balaban J connectivity index is 1.52. The van der Waals surface area contributed by atoms with Crippen molar-refractivity contribution >= 4 is 40.5 Å². The van der Waals surface area contributed by atoms with Gasteiger partial charge in [-0.25, -0.2) is 24.6 Å². The quantitative estimate of drug-likeness (QED) is 0.271. The van der Waals surface area contributed by atoms with E-state index in [4.69, 9.17) is 21.1 Å². The van der Waals surface area contributed by atoms with E-state index in [0.29, 0.717) is 11.4 Å². The van der Waals surface area contributed by atoms with E-state index in [1.165, 1.54) is 17.3 Å². The van der Waals surface area contributed by atoms with Gasteiger partial charge in [0.2, 0.25) is 6.23 Å². The molecule has 1 atom stereocenters. The maximum atomic E-state index is 13.1. The Labute approximate surface area is 180 Å². The van der Waals surface area contributed by atoms with Crippen molar-refractivity contribution in [3.8, 4) is 5.75 Å². The van der Waals surface area contributed by atoms with E-state index >= 15 is 0 Å². The predicted octanol–water partition coefficient (Wildman–Crippen LogP) is 3.95. The van der Waals surface area contributed by atoms with Crippen molar-refractivity contribution in [2.75, 3.05) is 4.90 Å². The Kier molecular flexibility index (Phi) is 4.64. The number of rotatable bonds is 3. The van der Waals surface area contributed by atoms with E-state index in [9.17, 15) is 9.59 Å². The molecule has 5 rings (SSSR count). The molecule has 9 nitrogen and oxygen atoms in total. The zero-order valence-electron chi connectivity index (χ0n) is 15.7. The van der Waals surface area contributed by atoms with Crippen molar-refractivity contribution in [2.24, 2.45) is 0 Å². The van der Waals surface area contributed by atoms with Gasteiger partial charge >= 0.3 is 6.16 Å². The number of fused-ring (bicyclic) bond motifs is 2. The highest BCUT2D eigenvalue weighted by atomic mass is 35.5. The molecule has 31 heavy (non-hydrogen) atoms. The molecule has 1 aromatic carbocycles. The number of pyridine rings is 2. The Morgan fingerprint density at radius 3 is 2.58 bits per heavy atom. The molecule has 0 saturated carbocycles. The number of hydrogen-bond donors (Lipinski definition) is 0. The number of hydrogen-bond acceptors (Lipinski definition) is 8. The summed E-state index contributed by atoms with van der Waals surface area (Å²) < 4.78 is 10.7. The molecule has 1 aliphatic rings. The van der Waals surface area contributed by atoms with Crippen LogP contribution in [-0.4, -0.2) is 32.0 Å². The summed E-state index contributed by atoms with van der Waals surface area (Å²) in [4.78, 5) is 43.5. The van der Waals surface area contributed by atoms with Crippen LogP contribution in [0, 0.1) is 0 Å². The summed E-state index contributed by atoms with van der Waals surface area (Å²) in [7, 11) is 0. The van der Waals surface area contributed by atoms with Crippen LogP contribution in [0.1, 0.15) is 22.4 Å². The van der Waals surface area contributed by atoms with Gasteiger partial charge in [0.15, 0.2) is 11.3 Å². The van der Waals surface area contributed by atoms with Crippen LogP contribution in [0.2, 0.25) is 5.15 Å². The number of anilines is 1.